The number of phenolic OH excluding ortho intramolecular Hbond substituents is 3. The first kappa shape index (κ1) is 16.7. The minimum atomic E-state index is -2.99. The van der Waals surface area contributed by atoms with Gasteiger partial charge in [0.1, 0.15) is 11.5 Å². The Morgan fingerprint density at radius 2 is 1.50 bits per heavy atom. The van der Waals surface area contributed by atoms with Gasteiger partial charge in [0.05, 0.1) is 0 Å². The zero-order chi connectivity index (χ0) is 15.2. The lowest BCUT2D eigenvalue weighted by atomic mass is 10.3. The van der Waals surface area contributed by atoms with Gasteiger partial charge in [0.25, 0.3) is 5.69 Å². The predicted molar refractivity (Wildman–Crippen MR) is 84.0 cm³/mol. The highest BCUT2D eigenvalue weighted by Gasteiger charge is 2.07. The number of thiol groups is 1. The number of benzene rings is 2. The summed E-state index contributed by atoms with van der Waals surface area (Å²) in [7, 11) is 0. The normalized spacial score (nSPS) is 12.7. The fourth-order valence-corrected chi connectivity index (χ4v) is 2.07. The van der Waals surface area contributed by atoms with Crippen molar-refractivity contribution < 1.29 is 24.7 Å². The van der Waals surface area contributed by atoms with Gasteiger partial charge in [0.2, 0.25) is 0 Å². The van der Waals surface area contributed by atoms with Crippen molar-refractivity contribution in [3.63, 3.8) is 0 Å². The van der Waals surface area contributed by atoms with Crippen molar-refractivity contribution in [2.75, 3.05) is 0 Å². The van der Waals surface area contributed by atoms with E-state index in [2.05, 4.69) is 24.1 Å². The van der Waals surface area contributed by atoms with E-state index < -0.39 is 5.69 Å². The molecule has 4 N–H and O–H groups in total. The molecule has 0 amide bonds. The second kappa shape index (κ2) is 7.40. The molecule has 0 saturated heterocycles. The number of para-hydroxylation sites is 2. The van der Waals surface area contributed by atoms with Crippen LogP contribution in [0.5, 0.6) is 23.0 Å². The first-order valence-electron chi connectivity index (χ1n) is 5.29. The molecule has 2 rings (SSSR count). The van der Waals surface area contributed by atoms with Crippen molar-refractivity contribution in [1.29, 1.82) is 0 Å². The standard InChI is InChI=1S/C6H7O3PS2.C6H6O2/c7-5-2-1-3-6(4-5)9-10(8,11)12;7-5-3-1-2-4-6(5)8/h1-4,7H,(H2,8,11,12);1-4,7-8H. The van der Waals surface area contributed by atoms with Crippen LogP contribution < -0.4 is 4.52 Å². The van der Waals surface area contributed by atoms with Gasteiger partial charge < -0.3 is 24.7 Å². The van der Waals surface area contributed by atoms with Crippen LogP contribution >= 0.6 is 17.9 Å². The lowest BCUT2D eigenvalue weighted by Crippen LogP contribution is -1.83. The Labute approximate surface area is 126 Å². The maximum absolute atomic E-state index is 9.05. The molecule has 0 aliphatic rings. The van der Waals surface area contributed by atoms with E-state index >= 15 is 0 Å². The molecule has 0 saturated carbocycles. The molecular weight excluding hydrogens is 319 g/mol. The third-order valence-electron chi connectivity index (χ3n) is 1.92. The van der Waals surface area contributed by atoms with Crippen LogP contribution in [0.15, 0.2) is 48.5 Å². The van der Waals surface area contributed by atoms with Crippen molar-refractivity contribution in [3.8, 4) is 23.0 Å². The second-order valence-corrected chi connectivity index (χ2v) is 8.65. The number of hydrogen-bond donors (Lipinski definition) is 5. The first-order chi connectivity index (χ1) is 9.28. The summed E-state index contributed by atoms with van der Waals surface area (Å²) in [5.74, 6) is 0.222. The summed E-state index contributed by atoms with van der Waals surface area (Å²) in [4.78, 5) is 9.05. The van der Waals surface area contributed by atoms with E-state index in [0.717, 1.165) is 0 Å². The van der Waals surface area contributed by atoms with Crippen molar-refractivity contribution in [1.82, 2.24) is 0 Å². The molecule has 0 radical (unpaired) electrons. The van der Waals surface area contributed by atoms with Crippen molar-refractivity contribution in [2.45, 2.75) is 0 Å². The SMILES string of the molecule is Oc1cccc(OP(O)(=S)S)c1.Oc1ccccc1O. The number of phenols is 3. The Balaban J connectivity index is 0.000000217. The van der Waals surface area contributed by atoms with Crippen molar-refractivity contribution >= 4 is 29.7 Å². The van der Waals surface area contributed by atoms with E-state index in [1.54, 1.807) is 24.3 Å². The molecule has 0 spiro atoms. The van der Waals surface area contributed by atoms with Crippen molar-refractivity contribution in [2.24, 2.45) is 0 Å². The smallest absolute Gasteiger partial charge is 0.291 e. The monoisotopic (exact) mass is 332 g/mol. The fourth-order valence-electron chi connectivity index (χ4n) is 1.14. The maximum atomic E-state index is 9.05. The van der Waals surface area contributed by atoms with Gasteiger partial charge in [-0.3, -0.25) is 0 Å². The highest BCUT2D eigenvalue weighted by Crippen LogP contribution is 2.47. The molecule has 0 heterocycles. The van der Waals surface area contributed by atoms with E-state index in [4.69, 9.17) is 24.7 Å². The van der Waals surface area contributed by atoms with Gasteiger partial charge in [-0.1, -0.05) is 30.4 Å². The quantitative estimate of drug-likeness (QED) is 0.330. The average molecular weight is 332 g/mol. The van der Waals surface area contributed by atoms with E-state index in [-0.39, 0.29) is 17.2 Å². The number of aromatic hydroxyl groups is 3. The summed E-state index contributed by atoms with van der Waals surface area (Å²) in [5, 5.41) is 26.3. The Hall–Kier alpha value is -1.40. The highest BCUT2D eigenvalue weighted by molar-refractivity contribution is 8.59. The molecule has 0 fully saturated rings. The van der Waals surface area contributed by atoms with Gasteiger partial charge in [-0.25, -0.2) is 0 Å². The second-order valence-electron chi connectivity index (χ2n) is 3.57. The Kier molecular flexibility index (Phi) is 6.16. The summed E-state index contributed by atoms with van der Waals surface area (Å²) >= 11 is 8.22. The Bertz CT molecular complexity index is 593. The van der Waals surface area contributed by atoms with Gasteiger partial charge in [0, 0.05) is 6.07 Å². The van der Waals surface area contributed by atoms with Crippen LogP contribution in [0, 0.1) is 0 Å². The Morgan fingerprint density at radius 3 is 1.90 bits per heavy atom. The lowest BCUT2D eigenvalue weighted by molar-refractivity contribution is 0.404. The van der Waals surface area contributed by atoms with Crippen LogP contribution in [0.3, 0.4) is 0 Å². The predicted octanol–water partition coefficient (Wildman–Crippen LogP) is 3.02. The van der Waals surface area contributed by atoms with E-state index in [9.17, 15) is 0 Å². The molecular formula is C12H13O5PS2. The van der Waals surface area contributed by atoms with E-state index in [1.807, 2.05) is 0 Å². The van der Waals surface area contributed by atoms with Crippen LogP contribution in [-0.4, -0.2) is 20.2 Å². The zero-order valence-corrected chi connectivity index (χ0v) is 12.7. The van der Waals surface area contributed by atoms with Gasteiger partial charge in [0.15, 0.2) is 11.5 Å². The highest BCUT2D eigenvalue weighted by atomic mass is 32.9. The topological polar surface area (TPSA) is 90.2 Å². The average Bonchev–Trinajstić information content (AvgIpc) is 2.32. The van der Waals surface area contributed by atoms with Gasteiger partial charge >= 0.3 is 0 Å². The van der Waals surface area contributed by atoms with Crippen LogP contribution in [0.1, 0.15) is 0 Å². The van der Waals surface area contributed by atoms with Gasteiger partial charge in [-0.2, -0.15) is 0 Å². The lowest BCUT2D eigenvalue weighted by Gasteiger charge is -2.10. The molecule has 5 nitrogen and oxygen atoms in total. The minimum Gasteiger partial charge on any atom is -0.508 e. The van der Waals surface area contributed by atoms with Gasteiger partial charge in [-0.15, -0.1) is 0 Å². The molecule has 2 aromatic carbocycles. The van der Waals surface area contributed by atoms with Crippen LogP contribution in [-0.2, 0) is 11.8 Å². The molecule has 1 unspecified atom stereocenters. The third-order valence-corrected chi connectivity index (χ3v) is 2.84. The van der Waals surface area contributed by atoms with Crippen molar-refractivity contribution in [3.05, 3.63) is 48.5 Å². The largest absolute Gasteiger partial charge is 0.508 e. The summed E-state index contributed by atoms with van der Waals surface area (Å²) in [6.07, 6.45) is 0. The van der Waals surface area contributed by atoms with Crippen LogP contribution in [0.25, 0.3) is 0 Å². The molecule has 1 atom stereocenters. The first-order valence-corrected chi connectivity index (χ1v) is 9.11. The minimum absolute atomic E-state index is 0.0595. The maximum Gasteiger partial charge on any atom is 0.291 e. The molecule has 0 aliphatic carbocycles. The molecule has 8 heteroatoms. The molecule has 0 aromatic heterocycles. The summed E-state index contributed by atoms with van der Waals surface area (Å²) < 4.78 is 4.87. The summed E-state index contributed by atoms with van der Waals surface area (Å²) in [6, 6.07) is 12.2. The molecule has 108 valence electrons. The zero-order valence-electron chi connectivity index (χ0n) is 10.1. The molecule has 20 heavy (non-hydrogen) atoms. The molecule has 0 bridgehead atoms. The molecule has 0 aliphatic heterocycles. The van der Waals surface area contributed by atoms with Crippen LogP contribution in [0.2, 0.25) is 0 Å². The summed E-state index contributed by atoms with van der Waals surface area (Å²) in [6.45, 7) is 0. The van der Waals surface area contributed by atoms with E-state index in [0.29, 0.717) is 5.75 Å². The van der Waals surface area contributed by atoms with Gasteiger partial charge in [-0.05, 0) is 36.1 Å². The molecule has 2 aromatic rings. The fraction of sp³-hybridized carbons (Fsp3) is 0. The number of rotatable bonds is 2. The van der Waals surface area contributed by atoms with Crippen LogP contribution in [0.4, 0.5) is 0 Å². The third kappa shape index (κ3) is 6.68. The van der Waals surface area contributed by atoms with E-state index in [1.165, 1.54) is 24.3 Å². The summed E-state index contributed by atoms with van der Waals surface area (Å²) in [5.41, 5.74) is -2.99. The Morgan fingerprint density at radius 1 is 0.950 bits per heavy atom. The number of hydrogen-bond acceptors (Lipinski definition) is 5.